The quantitative estimate of drug-likeness (QED) is 0.0243. The van der Waals surface area contributed by atoms with Gasteiger partial charge in [-0.25, -0.2) is 4.57 Å². The van der Waals surface area contributed by atoms with Gasteiger partial charge in [0.15, 0.2) is 0 Å². The number of aliphatic hydroxyl groups excluding tert-OH is 1. The fraction of sp³-hybridized carbons (Fsp3) is 0.792. The zero-order chi connectivity index (χ0) is 45.7. The number of nitrogens with one attached hydrogen (secondary N) is 1. The molecule has 0 aliphatic carbocycles. The Bertz CT molecular complexity index is 1190. The number of hydrogen-bond donors (Lipinski definition) is 3. The Morgan fingerprint density at radius 1 is 0.565 bits per heavy atom. The molecule has 3 unspecified atom stereocenters. The Labute approximate surface area is 383 Å². The summed E-state index contributed by atoms with van der Waals surface area (Å²) in [5.74, 6) is -0.205. The number of nitrogens with zero attached hydrogens (tertiary/aromatic N) is 1. The van der Waals surface area contributed by atoms with Crippen molar-refractivity contribution in [1.82, 2.24) is 5.32 Å². The maximum absolute atomic E-state index is 12.9. The first-order valence-corrected chi connectivity index (χ1v) is 27.2. The largest absolute Gasteiger partial charge is 0.472 e. The molecule has 3 N–H and O–H groups in total. The van der Waals surface area contributed by atoms with Crippen LogP contribution in [0.25, 0.3) is 0 Å². The summed E-state index contributed by atoms with van der Waals surface area (Å²) in [6.45, 7) is 4.67. The predicted octanol–water partition coefficient (Wildman–Crippen LogP) is 15.0. The summed E-state index contributed by atoms with van der Waals surface area (Å²) in [6.07, 6.45) is 58.9. The lowest BCUT2D eigenvalue weighted by Crippen LogP contribution is -2.45. The number of rotatable bonds is 46. The molecule has 0 aromatic heterocycles. The van der Waals surface area contributed by atoms with Crippen LogP contribution in [0.1, 0.15) is 219 Å². The molecule has 8 nitrogen and oxygen atoms in total. The van der Waals surface area contributed by atoms with Gasteiger partial charge in [-0.2, -0.15) is 0 Å². The number of carbonyl (C=O) groups excluding carboxylic acids is 1. The lowest BCUT2D eigenvalue weighted by Gasteiger charge is -2.25. The van der Waals surface area contributed by atoms with Crippen molar-refractivity contribution in [3.63, 3.8) is 0 Å². The molecule has 0 rings (SSSR count). The van der Waals surface area contributed by atoms with Crippen LogP contribution in [0.2, 0.25) is 0 Å². The van der Waals surface area contributed by atoms with Crippen molar-refractivity contribution in [1.29, 1.82) is 0 Å². The fourth-order valence-corrected chi connectivity index (χ4v) is 7.93. The van der Waals surface area contributed by atoms with Gasteiger partial charge >= 0.3 is 7.82 Å². The number of hydrogen-bond acceptors (Lipinski definition) is 5. The number of likely N-dealkylation sites (N-methyl/N-ethyl adjacent to an activating group) is 1. The van der Waals surface area contributed by atoms with E-state index in [2.05, 4.69) is 67.8 Å². The minimum absolute atomic E-state index is 0.0503. The van der Waals surface area contributed by atoms with Gasteiger partial charge in [0.2, 0.25) is 5.91 Å². The first-order valence-electron chi connectivity index (χ1n) is 25.7. The highest BCUT2D eigenvalue weighted by Crippen LogP contribution is 2.43. The van der Waals surface area contributed by atoms with Gasteiger partial charge in [-0.1, -0.05) is 209 Å². The highest BCUT2D eigenvalue weighted by molar-refractivity contribution is 7.47. The zero-order valence-electron chi connectivity index (χ0n) is 41.1. The number of phosphoric ester groups is 1. The van der Waals surface area contributed by atoms with Gasteiger partial charge in [-0.05, 0) is 64.2 Å². The topological polar surface area (TPSA) is 105 Å². The lowest BCUT2D eigenvalue weighted by atomic mass is 10.0. The van der Waals surface area contributed by atoms with Gasteiger partial charge in [0.05, 0.1) is 39.9 Å². The van der Waals surface area contributed by atoms with Crippen molar-refractivity contribution in [2.45, 2.75) is 231 Å². The lowest BCUT2D eigenvalue weighted by molar-refractivity contribution is -0.870. The molecule has 9 heteroatoms. The summed E-state index contributed by atoms with van der Waals surface area (Å²) in [7, 11) is 1.54. The number of unbranched alkanes of at least 4 members (excludes halogenated alkanes) is 25. The van der Waals surface area contributed by atoms with Gasteiger partial charge in [0.25, 0.3) is 0 Å². The van der Waals surface area contributed by atoms with Crippen LogP contribution < -0.4 is 5.32 Å². The van der Waals surface area contributed by atoms with Crippen LogP contribution in [0, 0.1) is 0 Å². The second kappa shape index (κ2) is 44.4. The van der Waals surface area contributed by atoms with E-state index in [-0.39, 0.29) is 19.1 Å². The van der Waals surface area contributed by atoms with Gasteiger partial charge in [-0.15, -0.1) is 0 Å². The molecule has 0 spiro atoms. The molecule has 0 aliphatic rings. The first-order chi connectivity index (χ1) is 30.0. The summed E-state index contributed by atoms with van der Waals surface area (Å²) in [4.78, 5) is 23.2. The van der Waals surface area contributed by atoms with E-state index in [4.69, 9.17) is 9.05 Å². The molecule has 0 aromatic carbocycles. The molecule has 0 aliphatic heterocycles. The summed E-state index contributed by atoms with van der Waals surface area (Å²) in [5.41, 5.74) is 0. The number of aliphatic hydroxyl groups is 1. The van der Waals surface area contributed by atoms with Crippen LogP contribution in [0.4, 0.5) is 0 Å². The third-order valence-corrected chi connectivity index (χ3v) is 12.2. The van der Waals surface area contributed by atoms with E-state index in [1.807, 2.05) is 27.2 Å². The number of carbonyl (C=O) groups is 1. The number of phosphoric acid groups is 1. The molecule has 3 atom stereocenters. The molecule has 362 valence electrons. The van der Waals surface area contributed by atoms with E-state index in [1.165, 1.54) is 122 Å². The second-order valence-electron chi connectivity index (χ2n) is 18.5. The zero-order valence-corrected chi connectivity index (χ0v) is 42.0. The fourth-order valence-electron chi connectivity index (χ4n) is 7.19. The van der Waals surface area contributed by atoms with Gasteiger partial charge in [0, 0.05) is 6.42 Å². The highest BCUT2D eigenvalue weighted by Gasteiger charge is 2.27. The van der Waals surface area contributed by atoms with E-state index < -0.39 is 20.0 Å². The Hall–Kier alpha value is -1.80. The van der Waals surface area contributed by atoms with E-state index in [1.54, 1.807) is 6.08 Å². The van der Waals surface area contributed by atoms with Crippen molar-refractivity contribution < 1.29 is 32.9 Å². The number of allylic oxidation sites excluding steroid dienone is 9. The average Bonchev–Trinajstić information content (AvgIpc) is 3.23. The molecular weight excluding hydrogens is 792 g/mol. The summed E-state index contributed by atoms with van der Waals surface area (Å²) in [5, 5.41) is 13.8. The SMILES string of the molecule is CC/C=C\C/C=C\C/C=C\CCCCCCCC(=O)NC(COP(=O)(O)OCC[N+](C)(C)C)C(O)/C=C/CC/C=C/CCCCCCCCCCCCCCCCCCCCC. The van der Waals surface area contributed by atoms with E-state index in [0.29, 0.717) is 17.4 Å². The standard InChI is InChI=1S/C53H99N2O6P/c1-6-8-10-12-14-16-18-20-22-23-24-25-26-27-28-29-30-31-33-34-36-38-40-42-44-46-52(56)51(50-61-62(58,59)60-49-48-55(3,4)5)54-53(57)47-45-43-41-39-37-35-32-21-19-17-15-13-11-9-7-2/h9,11,15,17,21,32,36,38,44,46,51-52,56H,6-8,10,12-14,16,18-20,22-31,33-35,37,39-43,45,47-50H2,1-5H3,(H-,54,57,58,59)/p+1/b11-9-,17-15-,32-21-,38-36+,46-44+. The van der Waals surface area contributed by atoms with Crippen LogP contribution in [-0.2, 0) is 18.4 Å². The third-order valence-electron chi connectivity index (χ3n) is 11.2. The normalized spacial score (nSPS) is 14.6. The van der Waals surface area contributed by atoms with E-state index in [9.17, 15) is 19.4 Å². The molecule has 0 aromatic rings. The summed E-state index contributed by atoms with van der Waals surface area (Å²) in [6, 6.07) is -0.874. The maximum atomic E-state index is 12.9. The van der Waals surface area contributed by atoms with Crippen molar-refractivity contribution in [2.75, 3.05) is 40.9 Å². The van der Waals surface area contributed by atoms with Crippen LogP contribution in [0.15, 0.2) is 60.8 Å². The van der Waals surface area contributed by atoms with Crippen LogP contribution in [-0.4, -0.2) is 73.4 Å². The Balaban J connectivity index is 4.33. The van der Waals surface area contributed by atoms with Crippen molar-refractivity contribution in [3.05, 3.63) is 60.8 Å². The Morgan fingerprint density at radius 2 is 0.984 bits per heavy atom. The molecule has 62 heavy (non-hydrogen) atoms. The molecule has 0 saturated heterocycles. The van der Waals surface area contributed by atoms with Gasteiger partial charge in [-0.3, -0.25) is 13.8 Å². The smallest absolute Gasteiger partial charge is 0.387 e. The summed E-state index contributed by atoms with van der Waals surface area (Å²) < 4.78 is 23.6. The van der Waals surface area contributed by atoms with Crippen molar-refractivity contribution in [3.8, 4) is 0 Å². The predicted molar refractivity (Wildman–Crippen MR) is 267 cm³/mol. The average molecular weight is 892 g/mol. The summed E-state index contributed by atoms with van der Waals surface area (Å²) >= 11 is 0. The highest BCUT2D eigenvalue weighted by atomic mass is 31.2. The maximum Gasteiger partial charge on any atom is 0.472 e. The first kappa shape index (κ1) is 60.2. The monoisotopic (exact) mass is 892 g/mol. The van der Waals surface area contributed by atoms with Crippen LogP contribution in [0.3, 0.4) is 0 Å². The minimum atomic E-state index is -4.36. The van der Waals surface area contributed by atoms with Crippen molar-refractivity contribution in [2.24, 2.45) is 0 Å². The van der Waals surface area contributed by atoms with Gasteiger partial charge < -0.3 is 19.8 Å². The van der Waals surface area contributed by atoms with Gasteiger partial charge in [0.1, 0.15) is 13.2 Å². The van der Waals surface area contributed by atoms with E-state index >= 15 is 0 Å². The molecular formula is C53H100N2O6P+. The number of amides is 1. The second-order valence-corrected chi connectivity index (χ2v) is 20.0. The Morgan fingerprint density at radius 3 is 1.48 bits per heavy atom. The third kappa shape index (κ3) is 46.2. The molecule has 0 fully saturated rings. The Kier molecular flexibility index (Phi) is 43.1. The van der Waals surface area contributed by atoms with E-state index in [0.717, 1.165) is 77.0 Å². The molecule has 0 radical (unpaired) electrons. The number of quaternary nitrogens is 1. The van der Waals surface area contributed by atoms with Crippen molar-refractivity contribution >= 4 is 13.7 Å². The van der Waals surface area contributed by atoms with Crippen LogP contribution in [0.5, 0.6) is 0 Å². The molecule has 0 saturated carbocycles. The molecule has 0 bridgehead atoms. The van der Waals surface area contributed by atoms with Crippen LogP contribution >= 0.6 is 7.82 Å². The molecule has 0 heterocycles. The molecule has 1 amide bonds. The minimum Gasteiger partial charge on any atom is -0.387 e.